The maximum Gasteiger partial charge on any atom is 0.235 e. The highest BCUT2D eigenvalue weighted by Gasteiger charge is 2.01. The van der Waals surface area contributed by atoms with Crippen molar-refractivity contribution < 1.29 is 4.39 Å². The van der Waals surface area contributed by atoms with Gasteiger partial charge in [-0.3, -0.25) is 4.57 Å². The molecule has 0 saturated heterocycles. The van der Waals surface area contributed by atoms with Crippen LogP contribution in [0.15, 0.2) is 55.2 Å². The Morgan fingerprint density at radius 3 is 2.75 bits per heavy atom. The van der Waals surface area contributed by atoms with E-state index in [0.717, 1.165) is 37.2 Å². The number of nitrogens with one attached hydrogen (secondary N) is 1. The van der Waals surface area contributed by atoms with Crippen molar-refractivity contribution in [1.29, 1.82) is 0 Å². The molecule has 0 bridgehead atoms. The van der Waals surface area contributed by atoms with Gasteiger partial charge in [0.05, 0.1) is 0 Å². The van der Waals surface area contributed by atoms with E-state index in [2.05, 4.69) is 20.3 Å². The molecule has 0 atom stereocenters. The summed E-state index contributed by atoms with van der Waals surface area (Å²) < 4.78 is 14.9. The van der Waals surface area contributed by atoms with E-state index in [0.29, 0.717) is 5.95 Å². The predicted molar refractivity (Wildman–Crippen MR) is 93.1 cm³/mol. The Balaban J connectivity index is 0.00000208. The lowest BCUT2D eigenvalue weighted by atomic mass is 10.1. The van der Waals surface area contributed by atoms with Crippen LogP contribution < -0.4 is 5.32 Å². The van der Waals surface area contributed by atoms with Gasteiger partial charge in [-0.25, -0.2) is 19.3 Å². The third-order valence-electron chi connectivity index (χ3n) is 3.47. The van der Waals surface area contributed by atoms with Crippen molar-refractivity contribution in [3.63, 3.8) is 0 Å². The van der Waals surface area contributed by atoms with Crippen LogP contribution in [0.5, 0.6) is 0 Å². The van der Waals surface area contributed by atoms with Crippen molar-refractivity contribution in [2.75, 3.05) is 13.1 Å². The van der Waals surface area contributed by atoms with Crippen molar-refractivity contribution in [3.05, 3.63) is 72.3 Å². The van der Waals surface area contributed by atoms with Gasteiger partial charge < -0.3 is 5.32 Å². The molecule has 3 rings (SSSR count). The van der Waals surface area contributed by atoms with E-state index in [1.807, 2.05) is 18.3 Å². The Bertz CT molecular complexity index is 748. The summed E-state index contributed by atoms with van der Waals surface area (Å²) in [6.07, 6.45) is 8.57. The highest BCUT2D eigenvalue weighted by molar-refractivity contribution is 5.85. The fourth-order valence-corrected chi connectivity index (χ4v) is 2.29. The molecule has 2 heterocycles. The van der Waals surface area contributed by atoms with Crippen LogP contribution >= 0.6 is 12.4 Å². The van der Waals surface area contributed by atoms with Crippen molar-refractivity contribution in [3.8, 4) is 5.95 Å². The Labute approximate surface area is 146 Å². The minimum absolute atomic E-state index is 0. The Morgan fingerprint density at radius 1 is 1.08 bits per heavy atom. The average Bonchev–Trinajstić information content (AvgIpc) is 3.09. The molecule has 0 spiro atoms. The Hall–Kier alpha value is -2.31. The number of rotatable bonds is 7. The topological polar surface area (TPSA) is 55.6 Å². The van der Waals surface area contributed by atoms with Gasteiger partial charge in [-0.2, -0.15) is 0 Å². The number of hydrogen-bond donors (Lipinski definition) is 1. The molecule has 0 amide bonds. The van der Waals surface area contributed by atoms with Gasteiger partial charge in [-0.05, 0) is 36.7 Å². The molecular weight excluding hydrogens is 329 g/mol. The summed E-state index contributed by atoms with van der Waals surface area (Å²) in [4.78, 5) is 12.7. The highest BCUT2D eigenvalue weighted by Crippen LogP contribution is 2.04. The van der Waals surface area contributed by atoms with E-state index in [-0.39, 0.29) is 18.2 Å². The Kier molecular flexibility index (Phi) is 6.84. The third-order valence-corrected chi connectivity index (χ3v) is 3.47. The first kappa shape index (κ1) is 18.0. The lowest BCUT2D eigenvalue weighted by Gasteiger charge is -2.06. The average molecular weight is 348 g/mol. The summed E-state index contributed by atoms with van der Waals surface area (Å²) in [6.45, 7) is 1.62. The molecule has 3 aromatic rings. The smallest absolute Gasteiger partial charge is 0.235 e. The van der Waals surface area contributed by atoms with Crippen molar-refractivity contribution >= 4 is 12.4 Å². The van der Waals surface area contributed by atoms with Gasteiger partial charge in [0.25, 0.3) is 0 Å². The highest BCUT2D eigenvalue weighted by atomic mass is 35.5. The zero-order chi connectivity index (χ0) is 15.9. The molecule has 2 aromatic heterocycles. The zero-order valence-corrected chi connectivity index (χ0v) is 13.9. The van der Waals surface area contributed by atoms with Crippen LogP contribution in [0.1, 0.15) is 11.3 Å². The lowest BCUT2D eigenvalue weighted by Crippen LogP contribution is -2.20. The molecule has 0 aliphatic carbocycles. The van der Waals surface area contributed by atoms with Gasteiger partial charge in [-0.15, -0.1) is 12.4 Å². The van der Waals surface area contributed by atoms with Gasteiger partial charge in [0, 0.05) is 37.3 Å². The van der Waals surface area contributed by atoms with Crippen LogP contribution in [0, 0.1) is 5.82 Å². The van der Waals surface area contributed by atoms with Crippen molar-refractivity contribution in [2.45, 2.75) is 12.8 Å². The summed E-state index contributed by atoms with van der Waals surface area (Å²) in [7, 11) is 0. The van der Waals surface area contributed by atoms with Gasteiger partial charge in [0.15, 0.2) is 0 Å². The third kappa shape index (κ3) is 5.11. The maximum atomic E-state index is 13.1. The SMILES string of the molecule is Cl.Fc1cccc(CCNCCc2ccnc(-n3ccnc3)n2)c1. The summed E-state index contributed by atoms with van der Waals surface area (Å²) in [5, 5.41) is 3.35. The second kappa shape index (κ2) is 9.10. The van der Waals surface area contributed by atoms with E-state index < -0.39 is 0 Å². The first-order chi connectivity index (χ1) is 11.3. The molecule has 1 N–H and O–H groups in total. The number of hydrogen-bond acceptors (Lipinski definition) is 4. The molecule has 7 heteroatoms. The molecule has 0 radical (unpaired) electrons. The van der Waals surface area contributed by atoms with Gasteiger partial charge in [-0.1, -0.05) is 12.1 Å². The molecule has 0 unspecified atom stereocenters. The zero-order valence-electron chi connectivity index (χ0n) is 13.1. The van der Waals surface area contributed by atoms with Crippen LogP contribution in [0.25, 0.3) is 5.95 Å². The number of imidazole rings is 1. The van der Waals surface area contributed by atoms with Gasteiger partial charge in [0.1, 0.15) is 12.1 Å². The van der Waals surface area contributed by atoms with Crippen molar-refractivity contribution in [1.82, 2.24) is 24.8 Å². The molecule has 24 heavy (non-hydrogen) atoms. The van der Waals surface area contributed by atoms with E-state index in [1.165, 1.54) is 6.07 Å². The van der Waals surface area contributed by atoms with Crippen molar-refractivity contribution in [2.24, 2.45) is 0 Å². The van der Waals surface area contributed by atoms with Crippen LogP contribution in [0.3, 0.4) is 0 Å². The number of aromatic nitrogens is 4. The first-order valence-corrected chi connectivity index (χ1v) is 7.57. The van der Waals surface area contributed by atoms with Crippen LogP contribution in [-0.4, -0.2) is 32.6 Å². The van der Waals surface area contributed by atoms with Crippen LogP contribution in [0.2, 0.25) is 0 Å². The number of halogens is 2. The molecule has 1 aromatic carbocycles. The summed E-state index contributed by atoms with van der Waals surface area (Å²) in [6, 6.07) is 8.62. The van der Waals surface area contributed by atoms with E-state index in [9.17, 15) is 4.39 Å². The standard InChI is InChI=1S/C17H18FN5.ClH/c18-15-3-1-2-14(12-15)4-7-19-8-5-16-6-9-21-17(22-16)23-11-10-20-13-23;/h1-3,6,9-13,19H,4-5,7-8H2;1H. The first-order valence-electron chi connectivity index (χ1n) is 7.57. The maximum absolute atomic E-state index is 13.1. The van der Waals surface area contributed by atoms with Gasteiger partial charge in [0.2, 0.25) is 5.95 Å². The van der Waals surface area contributed by atoms with E-state index in [1.54, 1.807) is 35.4 Å². The summed E-state index contributed by atoms with van der Waals surface area (Å²) in [5.74, 6) is 0.440. The quantitative estimate of drug-likeness (QED) is 0.667. The lowest BCUT2D eigenvalue weighted by molar-refractivity contribution is 0.622. The van der Waals surface area contributed by atoms with Crippen LogP contribution in [-0.2, 0) is 12.8 Å². The van der Waals surface area contributed by atoms with E-state index >= 15 is 0 Å². The van der Waals surface area contributed by atoms with E-state index in [4.69, 9.17) is 0 Å². The minimum atomic E-state index is -0.185. The fraction of sp³-hybridized carbons (Fsp3) is 0.235. The van der Waals surface area contributed by atoms with Crippen LogP contribution in [0.4, 0.5) is 4.39 Å². The second-order valence-corrected chi connectivity index (χ2v) is 5.20. The normalized spacial score (nSPS) is 10.4. The second-order valence-electron chi connectivity index (χ2n) is 5.20. The number of nitrogens with zero attached hydrogens (tertiary/aromatic N) is 4. The monoisotopic (exact) mass is 347 g/mol. The molecule has 0 aliphatic heterocycles. The number of benzene rings is 1. The summed E-state index contributed by atoms with van der Waals surface area (Å²) >= 11 is 0. The van der Waals surface area contributed by atoms with Gasteiger partial charge >= 0.3 is 0 Å². The molecular formula is C17H19ClFN5. The molecule has 0 fully saturated rings. The summed E-state index contributed by atoms with van der Waals surface area (Å²) in [5.41, 5.74) is 1.98. The fourth-order valence-electron chi connectivity index (χ4n) is 2.29. The molecule has 0 aliphatic rings. The molecule has 126 valence electrons. The molecule has 0 saturated carbocycles. The Morgan fingerprint density at radius 2 is 1.96 bits per heavy atom. The molecule has 5 nitrogen and oxygen atoms in total. The predicted octanol–water partition coefficient (Wildman–Crippen LogP) is 2.60. The largest absolute Gasteiger partial charge is 0.316 e. The minimum Gasteiger partial charge on any atom is -0.316 e.